The zero-order chi connectivity index (χ0) is 21.2. The van der Waals surface area contributed by atoms with Crippen LogP contribution in [0.3, 0.4) is 0 Å². The van der Waals surface area contributed by atoms with Gasteiger partial charge in [0.25, 0.3) is 0 Å². The fraction of sp³-hybridized carbons (Fsp3) is 0.727. The van der Waals surface area contributed by atoms with Gasteiger partial charge in [-0.1, -0.05) is 38.1 Å². The fourth-order valence-corrected chi connectivity index (χ4v) is 5.41. The number of nitrogens with one attached hydrogen (secondary N) is 3. The molecule has 1 aliphatic carbocycles. The van der Waals surface area contributed by atoms with Crippen LogP contribution in [-0.4, -0.2) is 33.3 Å². The SMILES string of the molecule is CCNS(=O)NCCc1ccc(C2CCC(C(C)CNS(=O)C(C)C)CC2)cc1. The Hall–Kier alpha value is -0.600. The molecule has 1 saturated carbocycles. The molecule has 166 valence electrons. The van der Waals surface area contributed by atoms with Crippen LogP contribution in [0.15, 0.2) is 24.3 Å². The van der Waals surface area contributed by atoms with E-state index in [2.05, 4.69) is 45.4 Å². The Morgan fingerprint density at radius 2 is 1.62 bits per heavy atom. The van der Waals surface area contributed by atoms with Gasteiger partial charge in [-0.2, -0.15) is 0 Å². The first-order chi connectivity index (χ1) is 13.9. The van der Waals surface area contributed by atoms with Crippen molar-refractivity contribution in [2.24, 2.45) is 11.8 Å². The summed E-state index contributed by atoms with van der Waals surface area (Å²) in [5.41, 5.74) is 2.73. The van der Waals surface area contributed by atoms with Gasteiger partial charge < -0.3 is 0 Å². The highest BCUT2D eigenvalue weighted by Gasteiger charge is 2.26. The Bertz CT molecular complexity index is 644. The van der Waals surface area contributed by atoms with Crippen molar-refractivity contribution >= 4 is 22.2 Å². The molecular weight excluding hydrogens is 402 g/mol. The van der Waals surface area contributed by atoms with E-state index >= 15 is 0 Å². The van der Waals surface area contributed by atoms with E-state index in [9.17, 15) is 8.42 Å². The Morgan fingerprint density at radius 1 is 0.966 bits per heavy atom. The molecule has 0 bridgehead atoms. The van der Waals surface area contributed by atoms with Crippen molar-refractivity contribution < 1.29 is 8.42 Å². The van der Waals surface area contributed by atoms with Gasteiger partial charge in [0.1, 0.15) is 0 Å². The van der Waals surface area contributed by atoms with Crippen molar-refractivity contribution in [3.8, 4) is 0 Å². The molecule has 1 fully saturated rings. The monoisotopic (exact) mass is 441 g/mol. The van der Waals surface area contributed by atoms with Gasteiger partial charge in [-0.15, -0.1) is 0 Å². The third kappa shape index (κ3) is 8.58. The molecule has 3 unspecified atom stereocenters. The second kappa shape index (κ2) is 13.0. The summed E-state index contributed by atoms with van der Waals surface area (Å²) in [6, 6.07) is 8.98. The van der Waals surface area contributed by atoms with Gasteiger partial charge in [-0.25, -0.2) is 22.6 Å². The topological polar surface area (TPSA) is 70.2 Å². The van der Waals surface area contributed by atoms with Gasteiger partial charge in [-0.05, 0) is 74.8 Å². The molecule has 1 aromatic carbocycles. The van der Waals surface area contributed by atoms with Gasteiger partial charge in [0.2, 0.25) is 0 Å². The lowest BCUT2D eigenvalue weighted by molar-refractivity contribution is 0.246. The minimum absolute atomic E-state index is 0.173. The second-order valence-corrected chi connectivity index (χ2v) is 11.4. The highest BCUT2D eigenvalue weighted by atomic mass is 32.2. The number of hydrogen-bond donors (Lipinski definition) is 3. The number of hydrogen-bond acceptors (Lipinski definition) is 2. The number of rotatable bonds is 12. The molecular formula is C22H39N3O2S2. The highest BCUT2D eigenvalue weighted by molar-refractivity contribution is 7.83. The van der Waals surface area contributed by atoms with Crippen molar-refractivity contribution in [3.63, 3.8) is 0 Å². The quantitative estimate of drug-likeness (QED) is 0.464. The van der Waals surface area contributed by atoms with Crippen LogP contribution in [0.25, 0.3) is 0 Å². The summed E-state index contributed by atoms with van der Waals surface area (Å²) < 4.78 is 32.5. The van der Waals surface area contributed by atoms with Crippen molar-refractivity contribution in [2.45, 2.75) is 71.0 Å². The zero-order valence-corrected chi connectivity index (χ0v) is 20.0. The standard InChI is InChI=1S/C22H39N3O2S2/c1-5-23-29(27)24-15-14-19-6-8-21(9-7-19)22-12-10-20(11-13-22)18(4)16-25-28(26)17(2)3/h6-9,17-18,20,22-25H,5,10-16H2,1-4H3. The van der Waals surface area contributed by atoms with Crippen LogP contribution in [0, 0.1) is 11.8 Å². The van der Waals surface area contributed by atoms with Gasteiger partial charge in [0, 0.05) is 24.9 Å². The van der Waals surface area contributed by atoms with E-state index in [4.69, 9.17) is 0 Å². The Labute approximate surface area is 182 Å². The first-order valence-corrected chi connectivity index (χ1v) is 13.4. The molecule has 0 aromatic heterocycles. The third-order valence-corrected chi connectivity index (χ3v) is 8.25. The number of benzene rings is 1. The van der Waals surface area contributed by atoms with Crippen molar-refractivity contribution in [1.29, 1.82) is 0 Å². The van der Waals surface area contributed by atoms with Crippen LogP contribution in [-0.2, 0) is 28.6 Å². The normalized spacial score (nSPS) is 23.1. The fourth-order valence-electron chi connectivity index (χ4n) is 4.00. The predicted octanol–water partition coefficient (Wildman–Crippen LogP) is 3.58. The summed E-state index contributed by atoms with van der Waals surface area (Å²) in [5, 5.41) is 0.173. The summed E-state index contributed by atoms with van der Waals surface area (Å²) >= 11 is -1.14. The van der Waals surface area contributed by atoms with Gasteiger partial charge in [-0.3, -0.25) is 0 Å². The molecule has 0 spiro atoms. The largest absolute Gasteiger partial charge is 0.243 e. The second-order valence-electron chi connectivity index (χ2n) is 8.44. The molecule has 3 atom stereocenters. The molecule has 0 saturated heterocycles. The van der Waals surface area contributed by atoms with E-state index in [-0.39, 0.29) is 5.25 Å². The minimum atomic E-state index is -1.14. The first-order valence-electron chi connectivity index (χ1n) is 11.0. The first kappa shape index (κ1) is 24.7. The summed E-state index contributed by atoms with van der Waals surface area (Å²) in [7, 11) is -0.917. The Kier molecular flexibility index (Phi) is 11.0. The van der Waals surface area contributed by atoms with Gasteiger partial charge in [0.15, 0.2) is 11.2 Å². The van der Waals surface area contributed by atoms with Crippen LogP contribution in [0.5, 0.6) is 0 Å². The van der Waals surface area contributed by atoms with E-state index in [1.54, 1.807) is 0 Å². The van der Waals surface area contributed by atoms with E-state index < -0.39 is 22.2 Å². The van der Waals surface area contributed by atoms with Crippen LogP contribution in [0.4, 0.5) is 0 Å². The molecule has 0 amide bonds. The molecule has 0 aliphatic heterocycles. The predicted molar refractivity (Wildman–Crippen MR) is 125 cm³/mol. The van der Waals surface area contributed by atoms with Gasteiger partial charge in [0.05, 0.1) is 11.0 Å². The molecule has 29 heavy (non-hydrogen) atoms. The Balaban J connectivity index is 1.73. The maximum atomic E-state index is 11.9. The average molecular weight is 442 g/mol. The van der Waals surface area contributed by atoms with Crippen molar-refractivity contribution in [3.05, 3.63) is 35.4 Å². The lowest BCUT2D eigenvalue weighted by Gasteiger charge is -2.32. The van der Waals surface area contributed by atoms with Crippen LogP contribution in [0.1, 0.15) is 70.4 Å². The molecule has 2 rings (SSSR count). The van der Waals surface area contributed by atoms with Crippen LogP contribution >= 0.6 is 0 Å². The summed E-state index contributed by atoms with van der Waals surface area (Å²) in [4.78, 5) is 0. The zero-order valence-electron chi connectivity index (χ0n) is 18.4. The average Bonchev–Trinajstić information content (AvgIpc) is 2.72. The minimum Gasteiger partial charge on any atom is -0.243 e. The molecule has 1 aromatic rings. The molecule has 7 heteroatoms. The molecule has 0 radical (unpaired) electrons. The van der Waals surface area contributed by atoms with Crippen LogP contribution in [0.2, 0.25) is 0 Å². The molecule has 3 N–H and O–H groups in total. The maximum absolute atomic E-state index is 11.9. The van der Waals surface area contributed by atoms with Crippen molar-refractivity contribution in [2.75, 3.05) is 19.6 Å². The van der Waals surface area contributed by atoms with Gasteiger partial charge >= 0.3 is 0 Å². The third-order valence-electron chi connectivity index (χ3n) is 5.93. The lowest BCUT2D eigenvalue weighted by atomic mass is 9.74. The molecule has 5 nitrogen and oxygen atoms in total. The van der Waals surface area contributed by atoms with Crippen molar-refractivity contribution in [1.82, 2.24) is 14.2 Å². The highest BCUT2D eigenvalue weighted by Crippen LogP contribution is 2.38. The summed E-state index contributed by atoms with van der Waals surface area (Å²) in [5.74, 6) is 1.96. The van der Waals surface area contributed by atoms with E-state index in [0.717, 1.165) is 18.9 Å². The van der Waals surface area contributed by atoms with Crippen LogP contribution < -0.4 is 14.2 Å². The smallest absolute Gasteiger partial charge is 0.167 e. The van der Waals surface area contributed by atoms with E-state index in [1.807, 2.05) is 20.8 Å². The van der Waals surface area contributed by atoms with E-state index in [1.165, 1.54) is 36.8 Å². The Morgan fingerprint density at radius 3 is 2.21 bits per heavy atom. The van der Waals surface area contributed by atoms with E-state index in [0.29, 0.717) is 24.9 Å². The molecule has 0 heterocycles. The maximum Gasteiger partial charge on any atom is 0.167 e. The summed E-state index contributed by atoms with van der Waals surface area (Å²) in [6.45, 7) is 10.5. The molecule has 1 aliphatic rings. The lowest BCUT2D eigenvalue weighted by Crippen LogP contribution is -2.32. The summed E-state index contributed by atoms with van der Waals surface area (Å²) in [6.07, 6.45) is 5.87.